The second-order valence-corrected chi connectivity index (χ2v) is 3.23. The first kappa shape index (κ1) is 7.93. The molecule has 6 heteroatoms. The van der Waals surface area contributed by atoms with Crippen molar-refractivity contribution in [1.29, 1.82) is 5.53 Å². The number of aromatic hydroxyl groups is 2. The number of benzene rings is 1. The molecule has 2 aromatic rings. The first-order valence-electron chi connectivity index (χ1n) is 3.42. The molecule has 13 heavy (non-hydrogen) atoms. The van der Waals surface area contributed by atoms with E-state index < -0.39 is 0 Å². The Labute approximate surface area is 76.9 Å². The predicted molar refractivity (Wildman–Crippen MR) is 47.8 cm³/mol. The van der Waals surface area contributed by atoms with Gasteiger partial charge in [0.1, 0.15) is 0 Å². The largest absolute Gasteiger partial charge is 0.504 e. The van der Waals surface area contributed by atoms with Crippen LogP contribution in [0.15, 0.2) is 17.2 Å². The fraction of sp³-hybridized carbons (Fsp3) is 0. The van der Waals surface area contributed by atoms with Gasteiger partial charge in [-0.1, -0.05) is 0 Å². The molecule has 1 heterocycles. The molecule has 0 spiro atoms. The van der Waals surface area contributed by atoms with Crippen molar-refractivity contribution in [3.05, 3.63) is 12.1 Å². The Bertz CT molecular complexity index is 480. The van der Waals surface area contributed by atoms with Gasteiger partial charge in [-0.2, -0.15) is 4.37 Å². The maximum absolute atomic E-state index is 9.43. The zero-order valence-corrected chi connectivity index (χ0v) is 7.17. The molecule has 5 nitrogen and oxygen atoms in total. The minimum absolute atomic E-state index is 0.133. The summed E-state index contributed by atoms with van der Waals surface area (Å²) in [6, 6.07) is 3.00. The quantitative estimate of drug-likeness (QED) is 0.482. The topological polar surface area (TPSA) is 89.6 Å². The van der Waals surface area contributed by atoms with Gasteiger partial charge in [-0.05, 0) is 23.7 Å². The maximum atomic E-state index is 9.43. The summed E-state index contributed by atoms with van der Waals surface area (Å²) < 4.78 is 4.53. The van der Waals surface area contributed by atoms with Gasteiger partial charge in [0.2, 0.25) is 0 Å². The summed E-state index contributed by atoms with van der Waals surface area (Å²) in [6.07, 6.45) is 0. The van der Waals surface area contributed by atoms with Crippen LogP contribution in [0.5, 0.6) is 11.5 Å². The smallest absolute Gasteiger partial charge is 0.198 e. The number of hydrogen-bond acceptors (Lipinski definition) is 6. The number of phenolic OH excluding ortho intramolecular Hbond substituents is 2. The molecule has 3 N–H and O–H groups in total. The lowest BCUT2D eigenvalue weighted by Crippen LogP contribution is -1.69. The third kappa shape index (κ3) is 1.03. The summed E-state index contributed by atoms with van der Waals surface area (Å²) in [4.78, 5) is 0. The molecule has 0 atom stereocenters. The van der Waals surface area contributed by atoms with Gasteiger partial charge in [0.25, 0.3) is 0 Å². The van der Waals surface area contributed by atoms with Crippen molar-refractivity contribution in [3.63, 3.8) is 0 Å². The third-order valence-electron chi connectivity index (χ3n) is 1.68. The van der Waals surface area contributed by atoms with Crippen LogP contribution in [0, 0.1) is 5.53 Å². The summed E-state index contributed by atoms with van der Waals surface area (Å²) >= 11 is 1.13. The fourth-order valence-electron chi connectivity index (χ4n) is 1.07. The molecule has 1 aromatic carbocycles. The molecule has 0 unspecified atom stereocenters. The second kappa shape index (κ2) is 2.67. The van der Waals surface area contributed by atoms with Crippen LogP contribution in [0.25, 0.3) is 10.1 Å². The number of nitrogens with one attached hydrogen (secondary N) is 1. The van der Waals surface area contributed by atoms with Gasteiger partial charge in [0, 0.05) is 0 Å². The molecule has 0 bridgehead atoms. The van der Waals surface area contributed by atoms with Gasteiger partial charge in [0.15, 0.2) is 17.3 Å². The van der Waals surface area contributed by atoms with E-state index in [2.05, 4.69) is 9.49 Å². The SMILES string of the molecule is N=Nc1nsc2ccc(O)c(O)c12. The molecule has 0 radical (unpaired) electrons. The van der Waals surface area contributed by atoms with Gasteiger partial charge in [0.05, 0.1) is 10.1 Å². The average molecular weight is 195 g/mol. The van der Waals surface area contributed by atoms with Crippen molar-refractivity contribution in [2.24, 2.45) is 5.11 Å². The van der Waals surface area contributed by atoms with E-state index in [1.54, 1.807) is 6.07 Å². The van der Waals surface area contributed by atoms with Crippen LogP contribution in [0.2, 0.25) is 0 Å². The van der Waals surface area contributed by atoms with Gasteiger partial charge in [-0.25, -0.2) is 5.53 Å². The summed E-state index contributed by atoms with van der Waals surface area (Å²) in [5, 5.41) is 22.1. The minimum atomic E-state index is -0.266. The molecule has 2 rings (SSSR count). The number of hydrogen-bond donors (Lipinski definition) is 3. The van der Waals surface area contributed by atoms with Gasteiger partial charge < -0.3 is 10.2 Å². The van der Waals surface area contributed by atoms with Crippen molar-refractivity contribution in [3.8, 4) is 11.5 Å². The van der Waals surface area contributed by atoms with E-state index in [0.717, 1.165) is 11.5 Å². The molecule has 0 aliphatic carbocycles. The van der Waals surface area contributed by atoms with E-state index in [1.165, 1.54) is 6.07 Å². The lowest BCUT2D eigenvalue weighted by molar-refractivity contribution is 0.408. The molecule has 0 fully saturated rings. The number of nitrogens with zero attached hydrogens (tertiary/aromatic N) is 2. The van der Waals surface area contributed by atoms with Crippen LogP contribution in [-0.2, 0) is 0 Å². The highest BCUT2D eigenvalue weighted by atomic mass is 32.1. The molecule has 1 aromatic heterocycles. The van der Waals surface area contributed by atoms with Crippen LogP contribution >= 0.6 is 11.5 Å². The molecule has 66 valence electrons. The van der Waals surface area contributed by atoms with E-state index in [-0.39, 0.29) is 17.3 Å². The highest BCUT2D eigenvalue weighted by Crippen LogP contribution is 2.40. The van der Waals surface area contributed by atoms with Crippen LogP contribution in [-0.4, -0.2) is 14.6 Å². The predicted octanol–water partition coefficient (Wildman–Crippen LogP) is 2.37. The Morgan fingerprint density at radius 2 is 2.15 bits per heavy atom. The van der Waals surface area contributed by atoms with Crippen molar-refractivity contribution < 1.29 is 10.2 Å². The standard InChI is InChI=1S/C7H5N3O2S/c8-9-7-5-4(13-10-7)2-1-3(11)6(5)12/h1-2,8,11-12H. The summed E-state index contributed by atoms with van der Waals surface area (Å²) in [5.74, 6) is -0.358. The van der Waals surface area contributed by atoms with Crippen LogP contribution in [0.4, 0.5) is 5.82 Å². The first-order chi connectivity index (χ1) is 6.24. The summed E-state index contributed by atoms with van der Waals surface area (Å²) in [5.41, 5.74) is 6.79. The average Bonchev–Trinajstić information content (AvgIpc) is 2.55. The Balaban J connectivity index is 2.93. The zero-order chi connectivity index (χ0) is 9.42. The molecule has 0 aliphatic rings. The molecule has 0 aliphatic heterocycles. The van der Waals surface area contributed by atoms with E-state index >= 15 is 0 Å². The minimum Gasteiger partial charge on any atom is -0.504 e. The molecule has 0 amide bonds. The van der Waals surface area contributed by atoms with E-state index in [1.807, 2.05) is 0 Å². The Morgan fingerprint density at radius 3 is 2.85 bits per heavy atom. The third-order valence-corrected chi connectivity index (χ3v) is 2.48. The number of phenols is 2. The second-order valence-electron chi connectivity index (χ2n) is 2.42. The van der Waals surface area contributed by atoms with Gasteiger partial charge in [-0.15, -0.1) is 5.11 Å². The Hall–Kier alpha value is -1.69. The number of fused-ring (bicyclic) bond motifs is 1. The molecule has 0 saturated heterocycles. The number of rotatable bonds is 1. The van der Waals surface area contributed by atoms with E-state index in [4.69, 9.17) is 5.53 Å². The lowest BCUT2D eigenvalue weighted by atomic mass is 10.2. The molecular formula is C7H5N3O2S. The Kier molecular flexibility index (Phi) is 1.63. The van der Waals surface area contributed by atoms with Crippen molar-refractivity contribution in [2.45, 2.75) is 0 Å². The highest BCUT2D eigenvalue weighted by Gasteiger charge is 2.12. The van der Waals surface area contributed by atoms with E-state index in [9.17, 15) is 10.2 Å². The zero-order valence-electron chi connectivity index (χ0n) is 6.35. The first-order valence-corrected chi connectivity index (χ1v) is 4.19. The van der Waals surface area contributed by atoms with Crippen molar-refractivity contribution >= 4 is 27.4 Å². The monoisotopic (exact) mass is 195 g/mol. The highest BCUT2D eigenvalue weighted by molar-refractivity contribution is 7.13. The van der Waals surface area contributed by atoms with Crippen molar-refractivity contribution in [2.75, 3.05) is 0 Å². The van der Waals surface area contributed by atoms with Crippen molar-refractivity contribution in [1.82, 2.24) is 4.37 Å². The molecular weight excluding hydrogens is 190 g/mol. The normalized spacial score (nSPS) is 10.5. The van der Waals surface area contributed by atoms with Gasteiger partial charge in [-0.3, -0.25) is 0 Å². The molecule has 0 saturated carbocycles. The van der Waals surface area contributed by atoms with Gasteiger partial charge >= 0.3 is 0 Å². The lowest BCUT2D eigenvalue weighted by Gasteiger charge is -1.97. The number of aromatic nitrogens is 1. The van der Waals surface area contributed by atoms with E-state index in [0.29, 0.717) is 10.1 Å². The van der Waals surface area contributed by atoms with Crippen LogP contribution < -0.4 is 0 Å². The van der Waals surface area contributed by atoms with Crippen LogP contribution in [0.1, 0.15) is 0 Å². The maximum Gasteiger partial charge on any atom is 0.198 e. The fourth-order valence-corrected chi connectivity index (χ4v) is 1.79. The summed E-state index contributed by atoms with van der Waals surface area (Å²) in [7, 11) is 0. The van der Waals surface area contributed by atoms with Crippen LogP contribution in [0.3, 0.4) is 0 Å². The Morgan fingerprint density at radius 1 is 1.38 bits per heavy atom. The summed E-state index contributed by atoms with van der Waals surface area (Å²) in [6.45, 7) is 0.